The minimum absolute atomic E-state index is 0.0805. The van der Waals surface area contributed by atoms with Crippen LogP contribution in [-0.2, 0) is 16.1 Å². The Morgan fingerprint density at radius 1 is 1.09 bits per heavy atom. The van der Waals surface area contributed by atoms with Gasteiger partial charge in [0.15, 0.2) is 0 Å². The molecule has 1 aromatic heterocycles. The van der Waals surface area contributed by atoms with Gasteiger partial charge >= 0.3 is 12.1 Å². The van der Waals surface area contributed by atoms with E-state index >= 15 is 0 Å². The normalized spacial score (nSPS) is 18.4. The third kappa shape index (κ3) is 6.07. The van der Waals surface area contributed by atoms with Crippen LogP contribution < -0.4 is 9.64 Å². The number of fused-ring (bicyclic) bond motifs is 1. The van der Waals surface area contributed by atoms with E-state index in [2.05, 4.69) is 4.90 Å². The summed E-state index contributed by atoms with van der Waals surface area (Å²) in [5, 5.41) is 10.5. The molecule has 2 fully saturated rings. The fraction of sp³-hybridized carbons (Fsp3) is 0.452. The third-order valence-electron chi connectivity index (χ3n) is 8.41. The molecule has 2 aliphatic rings. The number of nitrogens with zero attached hydrogens (tertiary/aromatic N) is 4. The number of benzene rings is 2. The molecule has 1 unspecified atom stereocenters. The monoisotopic (exact) mass is 598 g/mol. The van der Waals surface area contributed by atoms with Crippen molar-refractivity contribution in [1.82, 2.24) is 14.4 Å². The van der Waals surface area contributed by atoms with Crippen molar-refractivity contribution in [2.24, 2.45) is 0 Å². The van der Waals surface area contributed by atoms with Gasteiger partial charge in [0.1, 0.15) is 5.75 Å². The number of aryl methyl sites for hydroxylation is 1. The maximum atomic E-state index is 13.5. The lowest BCUT2D eigenvalue weighted by atomic mass is 9.96. The second kappa shape index (κ2) is 12.7. The van der Waals surface area contributed by atoms with E-state index in [1.807, 2.05) is 19.1 Å². The topological polar surface area (TPSA) is 105 Å². The van der Waals surface area contributed by atoms with Gasteiger partial charge in [-0.25, -0.2) is 18.4 Å². The average Bonchev–Trinajstić information content (AvgIpc) is 3.45. The highest BCUT2D eigenvalue weighted by atomic mass is 19.3. The number of hydrogen-bond donors (Lipinski definition) is 1. The highest BCUT2D eigenvalue weighted by molar-refractivity contribution is 6.03. The molecule has 10 nitrogen and oxygen atoms in total. The van der Waals surface area contributed by atoms with E-state index in [1.54, 1.807) is 35.1 Å². The predicted molar refractivity (Wildman–Crippen MR) is 156 cm³/mol. The van der Waals surface area contributed by atoms with Gasteiger partial charge in [0.2, 0.25) is 5.91 Å². The van der Waals surface area contributed by atoms with Crippen LogP contribution in [0.3, 0.4) is 0 Å². The quantitative estimate of drug-likeness (QED) is 0.365. The Morgan fingerprint density at radius 2 is 1.88 bits per heavy atom. The molecule has 0 aliphatic carbocycles. The van der Waals surface area contributed by atoms with Crippen LogP contribution in [0.5, 0.6) is 5.75 Å². The molecule has 0 saturated carbocycles. The van der Waals surface area contributed by atoms with Gasteiger partial charge in [-0.05, 0) is 55.2 Å². The zero-order valence-corrected chi connectivity index (χ0v) is 24.5. The number of carbonyl (C=O) groups is 3. The van der Waals surface area contributed by atoms with Gasteiger partial charge < -0.3 is 19.5 Å². The van der Waals surface area contributed by atoms with Crippen molar-refractivity contribution in [3.8, 4) is 5.75 Å². The summed E-state index contributed by atoms with van der Waals surface area (Å²) >= 11 is 0. The fourth-order valence-corrected chi connectivity index (χ4v) is 6.34. The molecule has 2 aromatic carbocycles. The summed E-state index contributed by atoms with van der Waals surface area (Å²) in [5.41, 5.74) is 3.58. The number of hydrogen-bond acceptors (Lipinski definition) is 7. The molecule has 0 radical (unpaired) electrons. The smallest absolute Gasteiger partial charge is 0.416 e. The van der Waals surface area contributed by atoms with E-state index in [9.17, 15) is 28.3 Å². The summed E-state index contributed by atoms with van der Waals surface area (Å²) in [7, 11) is 2.85. The van der Waals surface area contributed by atoms with Gasteiger partial charge in [-0.1, -0.05) is 6.07 Å². The second-order valence-electron chi connectivity index (χ2n) is 11.0. The molecule has 0 bridgehead atoms. The first-order valence-electron chi connectivity index (χ1n) is 14.3. The number of anilines is 1. The van der Waals surface area contributed by atoms with Crippen molar-refractivity contribution in [1.29, 1.82) is 0 Å². The number of carbonyl (C=O) groups excluding carboxylic acids is 2. The number of esters is 1. The molecule has 43 heavy (non-hydrogen) atoms. The molecular weight excluding hydrogens is 562 g/mol. The number of piperazine rings is 1. The van der Waals surface area contributed by atoms with Gasteiger partial charge in [0.25, 0.3) is 6.43 Å². The Hall–Kier alpha value is -4.03. The van der Waals surface area contributed by atoms with Crippen LogP contribution in [0.2, 0.25) is 0 Å². The summed E-state index contributed by atoms with van der Waals surface area (Å²) in [6, 6.07) is 8.42. The molecule has 1 atom stereocenters. The maximum Gasteiger partial charge on any atom is 0.416 e. The maximum absolute atomic E-state index is 13.5. The molecule has 3 aromatic rings. The Balaban J connectivity index is 1.59. The van der Waals surface area contributed by atoms with Crippen molar-refractivity contribution in [2.45, 2.75) is 45.2 Å². The molecule has 12 heteroatoms. The number of piperidine rings is 1. The van der Waals surface area contributed by atoms with Gasteiger partial charge in [0.05, 0.1) is 37.5 Å². The Kier molecular flexibility index (Phi) is 8.97. The third-order valence-corrected chi connectivity index (χ3v) is 8.41. The van der Waals surface area contributed by atoms with E-state index in [4.69, 9.17) is 9.47 Å². The number of aromatic nitrogens is 1. The Bertz CT molecular complexity index is 1540. The highest BCUT2D eigenvalue weighted by Crippen LogP contribution is 2.37. The lowest BCUT2D eigenvalue weighted by molar-refractivity contribution is -0.119. The second-order valence-corrected chi connectivity index (χ2v) is 11.0. The van der Waals surface area contributed by atoms with Crippen molar-refractivity contribution in [3.63, 3.8) is 0 Å². The fourth-order valence-electron chi connectivity index (χ4n) is 6.34. The Labute approximate surface area is 248 Å². The van der Waals surface area contributed by atoms with Gasteiger partial charge in [-0.3, -0.25) is 19.2 Å². The summed E-state index contributed by atoms with van der Waals surface area (Å²) in [6.07, 6.45) is -0.136. The number of carboxylic acid groups (broad SMARTS) is 1. The Morgan fingerprint density at radius 3 is 2.56 bits per heavy atom. The first-order valence-corrected chi connectivity index (χ1v) is 14.3. The van der Waals surface area contributed by atoms with Crippen LogP contribution in [0.25, 0.3) is 10.9 Å². The van der Waals surface area contributed by atoms with E-state index in [-0.39, 0.29) is 24.1 Å². The number of methoxy groups -OCH3 is 2. The van der Waals surface area contributed by atoms with Crippen molar-refractivity contribution in [2.75, 3.05) is 51.8 Å². The van der Waals surface area contributed by atoms with E-state index in [1.165, 1.54) is 17.9 Å². The van der Waals surface area contributed by atoms with Crippen LogP contribution >= 0.6 is 0 Å². The van der Waals surface area contributed by atoms with E-state index in [0.29, 0.717) is 56.1 Å². The largest absolute Gasteiger partial charge is 0.496 e. The summed E-state index contributed by atoms with van der Waals surface area (Å²) in [5.74, 6) is -0.0416. The molecule has 230 valence electrons. The zero-order valence-electron chi connectivity index (χ0n) is 24.5. The number of rotatable bonds is 8. The van der Waals surface area contributed by atoms with Crippen LogP contribution in [0.4, 0.5) is 19.3 Å². The van der Waals surface area contributed by atoms with Crippen LogP contribution in [0.1, 0.15) is 52.4 Å². The van der Waals surface area contributed by atoms with Crippen LogP contribution in [0.15, 0.2) is 36.5 Å². The minimum Gasteiger partial charge on any atom is -0.496 e. The first kappa shape index (κ1) is 30.4. The molecule has 2 saturated heterocycles. The highest BCUT2D eigenvalue weighted by Gasteiger charge is 2.33. The van der Waals surface area contributed by atoms with E-state index < -0.39 is 18.5 Å². The molecule has 5 rings (SSSR count). The SMILES string of the molecule is COC(=O)c1ccc(C2CN(CC(F)F)CCN2Cc2c(OC)cc(C)c3c2ccn3C(=O)O)cc1N1CCCCC1=O. The molecular formula is C31H36F2N4O6. The number of amides is 1. The van der Waals surface area contributed by atoms with Gasteiger partial charge in [-0.2, -0.15) is 0 Å². The molecule has 0 spiro atoms. The van der Waals surface area contributed by atoms with Crippen molar-refractivity contribution >= 4 is 34.6 Å². The van der Waals surface area contributed by atoms with Crippen molar-refractivity contribution < 1.29 is 37.7 Å². The standard InChI is InChI=1S/C31H36F2N4O6/c1-19-14-26(42-2)23(21-9-11-37(29(19)21)31(40)41)16-35-13-12-34(18-27(32)33)17-25(35)20-7-8-22(30(39)43-3)24(15-20)36-10-5-4-6-28(36)38/h7-9,11,14-15,25,27H,4-6,10,12-13,16-18H2,1-3H3,(H,40,41). The minimum atomic E-state index is -2.50. The molecule has 3 heterocycles. The molecule has 1 amide bonds. The molecule has 1 N–H and O–H groups in total. The summed E-state index contributed by atoms with van der Waals surface area (Å²) in [6.45, 7) is 3.43. The number of alkyl halides is 2. The van der Waals surface area contributed by atoms with E-state index in [0.717, 1.165) is 34.9 Å². The van der Waals surface area contributed by atoms with Gasteiger partial charge in [0, 0.05) is 62.3 Å². The summed E-state index contributed by atoms with van der Waals surface area (Å²) < 4.78 is 38.9. The first-order chi connectivity index (χ1) is 20.6. The average molecular weight is 599 g/mol. The van der Waals surface area contributed by atoms with Crippen LogP contribution in [0, 0.1) is 6.92 Å². The lowest BCUT2D eigenvalue weighted by Crippen LogP contribution is -2.49. The van der Waals surface area contributed by atoms with Crippen molar-refractivity contribution in [3.05, 3.63) is 58.8 Å². The van der Waals surface area contributed by atoms with Crippen LogP contribution in [-0.4, -0.2) is 90.8 Å². The predicted octanol–water partition coefficient (Wildman–Crippen LogP) is 4.91. The number of ether oxygens (including phenoxy) is 2. The lowest BCUT2D eigenvalue weighted by Gasteiger charge is -2.42. The number of halogens is 2. The zero-order chi connectivity index (χ0) is 30.8. The van der Waals surface area contributed by atoms with Gasteiger partial charge in [-0.15, -0.1) is 0 Å². The summed E-state index contributed by atoms with van der Waals surface area (Å²) in [4.78, 5) is 43.0. The molecule has 2 aliphatic heterocycles.